The first kappa shape index (κ1) is 21.7. The van der Waals surface area contributed by atoms with Crippen molar-refractivity contribution in [1.82, 2.24) is 20.4 Å². The second-order valence-corrected chi connectivity index (χ2v) is 8.48. The molecule has 0 radical (unpaired) electrons. The van der Waals surface area contributed by atoms with Crippen molar-refractivity contribution < 1.29 is 14.0 Å². The molecule has 2 amide bonds. The van der Waals surface area contributed by atoms with Crippen LogP contribution in [-0.4, -0.2) is 46.5 Å². The third-order valence-electron chi connectivity index (χ3n) is 5.84. The van der Waals surface area contributed by atoms with Gasteiger partial charge in [0.25, 0.3) is 5.91 Å². The molecule has 32 heavy (non-hydrogen) atoms. The van der Waals surface area contributed by atoms with Crippen molar-refractivity contribution in [2.24, 2.45) is 5.92 Å². The Morgan fingerprint density at radius 3 is 2.62 bits per heavy atom. The van der Waals surface area contributed by atoms with Gasteiger partial charge in [-0.2, -0.15) is 5.10 Å². The van der Waals surface area contributed by atoms with Gasteiger partial charge in [-0.15, -0.1) is 0 Å². The van der Waals surface area contributed by atoms with E-state index in [9.17, 15) is 14.0 Å². The van der Waals surface area contributed by atoms with E-state index in [4.69, 9.17) is 0 Å². The van der Waals surface area contributed by atoms with E-state index in [0.717, 1.165) is 16.8 Å². The summed E-state index contributed by atoms with van der Waals surface area (Å²) in [4.78, 5) is 27.3. The molecule has 2 aromatic carbocycles. The second-order valence-electron chi connectivity index (χ2n) is 8.48. The first-order valence-corrected chi connectivity index (χ1v) is 10.9. The molecule has 0 aliphatic carbocycles. The highest BCUT2D eigenvalue weighted by Crippen LogP contribution is 2.24. The highest BCUT2D eigenvalue weighted by Gasteiger charge is 2.29. The van der Waals surface area contributed by atoms with Crippen LogP contribution in [0.3, 0.4) is 0 Å². The van der Waals surface area contributed by atoms with Crippen molar-refractivity contribution >= 4 is 11.8 Å². The van der Waals surface area contributed by atoms with Gasteiger partial charge < -0.3 is 10.2 Å². The molecule has 2 heterocycles. The van der Waals surface area contributed by atoms with Crippen LogP contribution in [0.15, 0.2) is 54.6 Å². The molecule has 1 saturated heterocycles. The molecule has 1 aromatic heterocycles. The van der Waals surface area contributed by atoms with Crippen LogP contribution in [0.1, 0.15) is 41.5 Å². The fourth-order valence-corrected chi connectivity index (χ4v) is 3.94. The largest absolute Gasteiger partial charge is 0.354 e. The molecule has 0 saturated carbocycles. The molecule has 0 unspecified atom stereocenters. The Morgan fingerprint density at radius 1 is 1.19 bits per heavy atom. The van der Waals surface area contributed by atoms with Gasteiger partial charge in [-0.25, -0.2) is 4.39 Å². The molecule has 4 rings (SSSR count). The number of carbonyl (C=O) groups excluding carboxylic acids is 2. The Kier molecular flexibility index (Phi) is 6.35. The maximum absolute atomic E-state index is 14.1. The number of amides is 2. The topological polar surface area (TPSA) is 78.1 Å². The predicted molar refractivity (Wildman–Crippen MR) is 121 cm³/mol. The zero-order chi connectivity index (χ0) is 22.7. The van der Waals surface area contributed by atoms with Gasteiger partial charge in [0.15, 0.2) is 0 Å². The van der Waals surface area contributed by atoms with Gasteiger partial charge in [0, 0.05) is 30.9 Å². The number of aromatic amines is 1. The average molecular weight is 435 g/mol. The van der Waals surface area contributed by atoms with Gasteiger partial charge in [-0.1, -0.05) is 56.3 Å². The lowest BCUT2D eigenvalue weighted by Crippen LogP contribution is -2.37. The Morgan fingerprint density at radius 2 is 1.94 bits per heavy atom. The van der Waals surface area contributed by atoms with Crippen LogP contribution in [0, 0.1) is 11.7 Å². The number of hydrogen-bond acceptors (Lipinski definition) is 3. The molecular weight excluding hydrogens is 407 g/mol. The Bertz CT molecular complexity index is 1110. The van der Waals surface area contributed by atoms with Crippen LogP contribution in [-0.2, 0) is 11.2 Å². The summed E-state index contributed by atoms with van der Waals surface area (Å²) >= 11 is 0. The van der Waals surface area contributed by atoms with Crippen molar-refractivity contribution in [2.45, 2.75) is 26.2 Å². The minimum atomic E-state index is -0.371. The van der Waals surface area contributed by atoms with E-state index in [0.29, 0.717) is 37.3 Å². The Labute approximate surface area is 186 Å². The summed E-state index contributed by atoms with van der Waals surface area (Å²) in [6.07, 6.45) is 0.491. The lowest BCUT2D eigenvalue weighted by Gasteiger charge is -2.22. The molecule has 1 aliphatic rings. The predicted octanol–water partition coefficient (Wildman–Crippen LogP) is 3.77. The van der Waals surface area contributed by atoms with Crippen molar-refractivity contribution in [3.8, 4) is 11.1 Å². The van der Waals surface area contributed by atoms with E-state index < -0.39 is 0 Å². The molecule has 6 nitrogen and oxygen atoms in total. The summed E-state index contributed by atoms with van der Waals surface area (Å²) in [5.41, 5.74) is 3.57. The summed E-state index contributed by atoms with van der Waals surface area (Å²) in [5, 5.41) is 9.99. The fraction of sp³-hybridized carbons (Fsp3) is 0.320. The van der Waals surface area contributed by atoms with Crippen LogP contribution < -0.4 is 5.32 Å². The third kappa shape index (κ3) is 4.72. The average Bonchev–Trinajstić information content (AvgIpc) is 3.22. The zero-order valence-corrected chi connectivity index (χ0v) is 18.3. The lowest BCUT2D eigenvalue weighted by molar-refractivity contribution is -0.124. The van der Waals surface area contributed by atoms with Crippen LogP contribution in [0.4, 0.5) is 4.39 Å². The summed E-state index contributed by atoms with van der Waals surface area (Å²) in [6.45, 7) is 5.24. The number of hydrogen-bond donors (Lipinski definition) is 2. The van der Waals surface area contributed by atoms with Crippen LogP contribution in [0.5, 0.6) is 0 Å². The fourth-order valence-electron chi connectivity index (χ4n) is 3.94. The molecule has 0 spiro atoms. The highest BCUT2D eigenvalue weighted by atomic mass is 19.1. The van der Waals surface area contributed by atoms with Crippen molar-refractivity contribution in [1.29, 1.82) is 0 Å². The molecule has 0 bridgehead atoms. The zero-order valence-electron chi connectivity index (χ0n) is 18.3. The van der Waals surface area contributed by atoms with E-state index >= 15 is 0 Å². The molecule has 2 N–H and O–H groups in total. The normalized spacial score (nSPS) is 16.7. The van der Waals surface area contributed by atoms with Gasteiger partial charge in [0.05, 0.1) is 5.92 Å². The monoisotopic (exact) mass is 434 g/mol. The Hall–Kier alpha value is -3.48. The smallest absolute Gasteiger partial charge is 0.274 e. The van der Waals surface area contributed by atoms with Crippen molar-refractivity contribution in [3.63, 3.8) is 0 Å². The maximum Gasteiger partial charge on any atom is 0.274 e. The van der Waals surface area contributed by atoms with Crippen molar-refractivity contribution in [2.75, 3.05) is 19.6 Å². The van der Waals surface area contributed by atoms with Gasteiger partial charge in [-0.05, 0) is 35.6 Å². The summed E-state index contributed by atoms with van der Waals surface area (Å²) in [7, 11) is 0. The first-order valence-electron chi connectivity index (χ1n) is 10.9. The van der Waals surface area contributed by atoms with E-state index in [2.05, 4.69) is 15.5 Å². The van der Waals surface area contributed by atoms with Crippen LogP contribution in [0.25, 0.3) is 11.1 Å². The van der Waals surface area contributed by atoms with Crippen molar-refractivity contribution in [3.05, 3.63) is 77.4 Å². The number of benzene rings is 2. The van der Waals surface area contributed by atoms with Gasteiger partial charge in [0.1, 0.15) is 11.5 Å². The number of carbonyl (C=O) groups is 2. The lowest BCUT2D eigenvalue weighted by atomic mass is 9.96. The number of halogens is 1. The van der Waals surface area contributed by atoms with Gasteiger partial charge >= 0.3 is 0 Å². The summed E-state index contributed by atoms with van der Waals surface area (Å²) < 4.78 is 14.1. The number of nitrogens with one attached hydrogen (secondary N) is 2. The molecule has 1 atom stereocenters. The maximum atomic E-state index is 14.1. The minimum Gasteiger partial charge on any atom is -0.354 e. The first-order chi connectivity index (χ1) is 15.4. The van der Waals surface area contributed by atoms with Crippen LogP contribution in [0.2, 0.25) is 0 Å². The van der Waals surface area contributed by atoms with E-state index in [1.807, 2.05) is 38.1 Å². The molecule has 7 heteroatoms. The molecule has 1 fully saturated rings. The summed E-state index contributed by atoms with van der Waals surface area (Å²) in [6, 6.07) is 16.0. The standard InChI is InChI=1S/C25H27FN4O2/c1-16(2)22-14-23(29-28-22)25(32)30-12-11-27-24(31)19(15-30)13-17-7-9-18(10-8-17)20-5-3-4-6-21(20)26/h3-10,14,16,19H,11-13,15H2,1-2H3,(H,27,31)(H,28,29)/t19-/m0/s1. The minimum absolute atomic E-state index is 0.0663. The number of aromatic nitrogens is 2. The summed E-state index contributed by atoms with van der Waals surface area (Å²) in [5.74, 6) is -0.634. The van der Waals surface area contributed by atoms with Gasteiger partial charge in [0.2, 0.25) is 5.91 Å². The second kappa shape index (κ2) is 9.34. The highest BCUT2D eigenvalue weighted by molar-refractivity contribution is 5.93. The Balaban J connectivity index is 1.48. The van der Waals surface area contributed by atoms with E-state index in [1.54, 1.807) is 29.2 Å². The number of rotatable bonds is 5. The molecular formula is C25H27FN4O2. The van der Waals surface area contributed by atoms with E-state index in [-0.39, 0.29) is 29.5 Å². The van der Waals surface area contributed by atoms with Gasteiger partial charge in [-0.3, -0.25) is 14.7 Å². The quantitative estimate of drug-likeness (QED) is 0.642. The molecule has 3 aromatic rings. The number of H-pyrrole nitrogens is 1. The van der Waals surface area contributed by atoms with Crippen LogP contribution >= 0.6 is 0 Å². The number of nitrogens with zero attached hydrogens (tertiary/aromatic N) is 2. The third-order valence-corrected chi connectivity index (χ3v) is 5.84. The molecule has 166 valence electrons. The molecule has 1 aliphatic heterocycles. The van der Waals surface area contributed by atoms with E-state index in [1.165, 1.54) is 6.07 Å². The SMILES string of the molecule is CC(C)c1cc(C(=O)N2CCNC(=O)[C@@H](Cc3ccc(-c4ccccc4F)cc3)C2)n[nH]1.